The lowest BCUT2D eigenvalue weighted by Gasteiger charge is -2.44. The molecule has 0 aliphatic carbocycles. The predicted molar refractivity (Wildman–Crippen MR) is 88.6 cm³/mol. The molecule has 0 spiro atoms. The highest BCUT2D eigenvalue weighted by Gasteiger charge is 2.32. The van der Waals surface area contributed by atoms with Gasteiger partial charge in [-0.3, -0.25) is 4.79 Å². The van der Waals surface area contributed by atoms with Crippen LogP contribution in [0.2, 0.25) is 0 Å². The summed E-state index contributed by atoms with van der Waals surface area (Å²) in [7, 11) is 0. The quantitative estimate of drug-likeness (QED) is 0.852. The molecule has 0 unspecified atom stereocenters. The van der Waals surface area contributed by atoms with E-state index in [9.17, 15) is 4.79 Å². The monoisotopic (exact) mass is 314 g/mol. The van der Waals surface area contributed by atoms with Crippen LogP contribution in [0.4, 0.5) is 11.4 Å². The normalized spacial score (nSPS) is 14.8. The Morgan fingerprint density at radius 3 is 2.48 bits per heavy atom. The van der Waals surface area contributed by atoms with Crippen molar-refractivity contribution in [2.75, 3.05) is 22.9 Å². The highest BCUT2D eigenvalue weighted by molar-refractivity contribution is 5.98. The molecule has 0 bridgehead atoms. The number of carbonyl (C=O) groups excluding carboxylic acids is 1. The SMILES string of the molecule is Cc1nnc(CC(=O)N2CCN(C(C)(C)C)c3ccccc32)o1. The summed E-state index contributed by atoms with van der Waals surface area (Å²) in [5.41, 5.74) is 2.03. The van der Waals surface area contributed by atoms with Crippen molar-refractivity contribution in [3.63, 3.8) is 0 Å². The van der Waals surface area contributed by atoms with Crippen LogP contribution in [-0.4, -0.2) is 34.7 Å². The molecule has 0 radical (unpaired) electrons. The second-order valence-electron chi connectivity index (χ2n) is 6.75. The van der Waals surface area contributed by atoms with Crippen molar-refractivity contribution in [1.29, 1.82) is 0 Å². The Morgan fingerprint density at radius 1 is 1.17 bits per heavy atom. The first-order valence-electron chi connectivity index (χ1n) is 7.82. The van der Waals surface area contributed by atoms with Gasteiger partial charge in [0.05, 0.1) is 11.4 Å². The Bertz CT molecular complexity index is 717. The molecule has 0 fully saturated rings. The molecule has 1 aliphatic rings. The maximum absolute atomic E-state index is 12.7. The lowest BCUT2D eigenvalue weighted by atomic mass is 10.0. The van der Waals surface area contributed by atoms with Gasteiger partial charge in [-0.05, 0) is 32.9 Å². The molecule has 0 atom stereocenters. The second kappa shape index (κ2) is 5.68. The highest BCUT2D eigenvalue weighted by Crippen LogP contribution is 2.36. The topological polar surface area (TPSA) is 62.5 Å². The summed E-state index contributed by atoms with van der Waals surface area (Å²) < 4.78 is 5.33. The molecule has 3 rings (SSSR count). The lowest BCUT2D eigenvalue weighted by molar-refractivity contribution is -0.118. The summed E-state index contributed by atoms with van der Waals surface area (Å²) in [6.07, 6.45) is 0.130. The maximum Gasteiger partial charge on any atom is 0.236 e. The number of carbonyl (C=O) groups is 1. The summed E-state index contributed by atoms with van der Waals surface area (Å²) in [4.78, 5) is 16.8. The van der Waals surface area contributed by atoms with Gasteiger partial charge in [0, 0.05) is 25.6 Å². The fraction of sp³-hybridized carbons (Fsp3) is 0.471. The third-order valence-corrected chi connectivity index (χ3v) is 3.99. The van der Waals surface area contributed by atoms with Gasteiger partial charge in [-0.1, -0.05) is 12.1 Å². The minimum atomic E-state index is -0.0188. The van der Waals surface area contributed by atoms with E-state index in [-0.39, 0.29) is 17.9 Å². The third kappa shape index (κ3) is 3.06. The summed E-state index contributed by atoms with van der Waals surface area (Å²) in [5, 5.41) is 7.69. The first-order chi connectivity index (χ1) is 10.9. The molecular formula is C17H22N4O2. The van der Waals surface area contributed by atoms with Crippen LogP contribution in [0.1, 0.15) is 32.6 Å². The number of nitrogens with zero attached hydrogens (tertiary/aromatic N) is 4. The van der Waals surface area contributed by atoms with Gasteiger partial charge in [0.15, 0.2) is 0 Å². The van der Waals surface area contributed by atoms with Crippen LogP contribution in [0, 0.1) is 6.92 Å². The van der Waals surface area contributed by atoms with E-state index in [4.69, 9.17) is 4.42 Å². The number of anilines is 2. The van der Waals surface area contributed by atoms with Gasteiger partial charge in [0.2, 0.25) is 17.7 Å². The van der Waals surface area contributed by atoms with Crippen LogP contribution in [0.25, 0.3) is 0 Å². The van der Waals surface area contributed by atoms with Crippen LogP contribution >= 0.6 is 0 Å². The van der Waals surface area contributed by atoms with Gasteiger partial charge in [-0.15, -0.1) is 10.2 Å². The number of amides is 1. The van der Waals surface area contributed by atoms with Crippen LogP contribution in [-0.2, 0) is 11.2 Å². The van der Waals surface area contributed by atoms with E-state index in [0.717, 1.165) is 17.9 Å². The van der Waals surface area contributed by atoms with Crippen molar-refractivity contribution in [2.45, 2.75) is 39.7 Å². The molecule has 1 aromatic carbocycles. The molecule has 122 valence electrons. The number of para-hydroxylation sites is 2. The zero-order valence-corrected chi connectivity index (χ0v) is 14.0. The third-order valence-electron chi connectivity index (χ3n) is 3.99. The number of hydrogen-bond acceptors (Lipinski definition) is 5. The fourth-order valence-corrected chi connectivity index (χ4v) is 2.95. The van der Waals surface area contributed by atoms with E-state index < -0.39 is 0 Å². The predicted octanol–water partition coefficient (Wildman–Crippen LogP) is 2.57. The molecule has 2 aromatic rings. The van der Waals surface area contributed by atoms with Crippen LogP contribution in [0.15, 0.2) is 28.7 Å². The number of hydrogen-bond donors (Lipinski definition) is 0. The molecule has 6 nitrogen and oxygen atoms in total. The molecule has 0 saturated heterocycles. The van der Waals surface area contributed by atoms with E-state index in [2.05, 4.69) is 41.9 Å². The molecule has 2 heterocycles. The largest absolute Gasteiger partial charge is 0.425 e. The molecular weight excluding hydrogens is 292 g/mol. The molecule has 0 N–H and O–H groups in total. The highest BCUT2D eigenvalue weighted by atomic mass is 16.4. The first-order valence-corrected chi connectivity index (χ1v) is 7.82. The van der Waals surface area contributed by atoms with Crippen molar-refractivity contribution >= 4 is 17.3 Å². The standard InChI is InChI=1S/C17H22N4O2/c1-12-18-19-15(23-12)11-16(22)20-9-10-21(17(2,3)4)14-8-6-5-7-13(14)20/h5-8H,9-11H2,1-4H3. The van der Waals surface area contributed by atoms with Gasteiger partial charge in [-0.2, -0.15) is 0 Å². The Kier molecular flexibility index (Phi) is 3.83. The van der Waals surface area contributed by atoms with Gasteiger partial charge < -0.3 is 14.2 Å². The number of aryl methyl sites for hydroxylation is 1. The first kappa shape index (κ1) is 15.5. The Balaban J connectivity index is 1.88. The Labute approximate surface area is 136 Å². The van der Waals surface area contributed by atoms with Crippen molar-refractivity contribution in [2.24, 2.45) is 0 Å². The molecule has 23 heavy (non-hydrogen) atoms. The molecule has 1 aliphatic heterocycles. The van der Waals surface area contributed by atoms with Crippen molar-refractivity contribution < 1.29 is 9.21 Å². The van der Waals surface area contributed by atoms with Crippen LogP contribution in [0.3, 0.4) is 0 Å². The molecule has 0 saturated carbocycles. The average molecular weight is 314 g/mol. The molecule has 1 amide bonds. The maximum atomic E-state index is 12.7. The zero-order chi connectivity index (χ0) is 16.6. The summed E-state index contributed by atoms with van der Waals surface area (Å²) >= 11 is 0. The van der Waals surface area contributed by atoms with Crippen LogP contribution < -0.4 is 9.80 Å². The number of aromatic nitrogens is 2. The van der Waals surface area contributed by atoms with Crippen LogP contribution in [0.5, 0.6) is 0 Å². The number of fused-ring (bicyclic) bond motifs is 1. The minimum absolute atomic E-state index is 0.00877. The summed E-state index contributed by atoms with van der Waals surface area (Å²) in [6, 6.07) is 8.02. The van der Waals surface area contributed by atoms with Gasteiger partial charge >= 0.3 is 0 Å². The van der Waals surface area contributed by atoms with Gasteiger partial charge in [-0.25, -0.2) is 0 Å². The fourth-order valence-electron chi connectivity index (χ4n) is 2.95. The van der Waals surface area contributed by atoms with Gasteiger partial charge in [0.1, 0.15) is 6.42 Å². The van der Waals surface area contributed by atoms with Crippen molar-refractivity contribution in [3.8, 4) is 0 Å². The number of benzene rings is 1. The van der Waals surface area contributed by atoms with Crippen molar-refractivity contribution in [3.05, 3.63) is 36.0 Å². The van der Waals surface area contributed by atoms with E-state index in [1.807, 2.05) is 23.1 Å². The Morgan fingerprint density at radius 2 is 1.87 bits per heavy atom. The Hall–Kier alpha value is -2.37. The smallest absolute Gasteiger partial charge is 0.236 e. The number of rotatable bonds is 2. The van der Waals surface area contributed by atoms with E-state index in [0.29, 0.717) is 18.3 Å². The van der Waals surface area contributed by atoms with E-state index >= 15 is 0 Å². The van der Waals surface area contributed by atoms with E-state index in [1.165, 1.54) is 0 Å². The minimum Gasteiger partial charge on any atom is -0.425 e. The second-order valence-corrected chi connectivity index (χ2v) is 6.75. The zero-order valence-electron chi connectivity index (χ0n) is 14.0. The molecule has 6 heteroatoms. The molecule has 1 aromatic heterocycles. The summed E-state index contributed by atoms with van der Waals surface area (Å²) in [6.45, 7) is 9.72. The van der Waals surface area contributed by atoms with Gasteiger partial charge in [0.25, 0.3) is 0 Å². The summed E-state index contributed by atoms with van der Waals surface area (Å²) in [5.74, 6) is 0.823. The lowest BCUT2D eigenvalue weighted by Crippen LogP contribution is -2.51. The average Bonchev–Trinajstić information content (AvgIpc) is 2.90. The van der Waals surface area contributed by atoms with E-state index in [1.54, 1.807) is 6.92 Å². The van der Waals surface area contributed by atoms with Crippen molar-refractivity contribution in [1.82, 2.24) is 10.2 Å².